The largest absolute Gasteiger partial charge is 0.0533 e. The molecule has 0 nitrogen and oxygen atoms in total. The number of hydrogen-bond acceptors (Lipinski definition) is 0. The zero-order chi connectivity index (χ0) is 21.9. The van der Waals surface area contributed by atoms with Gasteiger partial charge in [-0.15, -0.1) is 0 Å². The highest BCUT2D eigenvalue weighted by Crippen LogP contribution is 2.52. The third-order valence-corrected chi connectivity index (χ3v) is 7.73. The van der Waals surface area contributed by atoms with Gasteiger partial charge < -0.3 is 0 Å². The zero-order valence-electron chi connectivity index (χ0n) is 18.2. The first kappa shape index (κ1) is 20.7. The van der Waals surface area contributed by atoms with Gasteiger partial charge in [-0.2, -0.15) is 0 Å². The van der Waals surface area contributed by atoms with E-state index in [1.165, 1.54) is 55.6 Å². The van der Waals surface area contributed by atoms with E-state index in [1.807, 2.05) is 0 Å². The molecular formula is C29H24Br2. The number of benzene rings is 4. The van der Waals surface area contributed by atoms with Crippen LogP contribution in [0.15, 0.2) is 81.7 Å². The minimum atomic E-state index is -0.0414. The molecule has 154 valence electrons. The summed E-state index contributed by atoms with van der Waals surface area (Å²) >= 11 is 7.12. The van der Waals surface area contributed by atoms with Crippen LogP contribution in [0.2, 0.25) is 0 Å². The molecule has 4 aromatic rings. The number of hydrogen-bond donors (Lipinski definition) is 0. The molecule has 31 heavy (non-hydrogen) atoms. The maximum Gasteiger partial charge on any atom is 0.0175 e. The summed E-state index contributed by atoms with van der Waals surface area (Å²) in [6.45, 7) is 9.18. The predicted molar refractivity (Wildman–Crippen MR) is 140 cm³/mol. The molecule has 0 aliphatic heterocycles. The van der Waals surface area contributed by atoms with E-state index >= 15 is 0 Å². The summed E-state index contributed by atoms with van der Waals surface area (Å²) in [5, 5.41) is 0. The number of fused-ring (bicyclic) bond motifs is 3. The first-order valence-electron chi connectivity index (χ1n) is 10.6. The molecule has 0 amide bonds. The maximum atomic E-state index is 3.56. The van der Waals surface area contributed by atoms with Crippen molar-refractivity contribution >= 4 is 31.9 Å². The van der Waals surface area contributed by atoms with Crippen molar-refractivity contribution in [2.24, 2.45) is 0 Å². The van der Waals surface area contributed by atoms with E-state index in [0.717, 1.165) is 8.95 Å². The molecule has 0 spiro atoms. The smallest absolute Gasteiger partial charge is 0.0175 e. The summed E-state index contributed by atoms with van der Waals surface area (Å²) in [5.74, 6) is 0. The molecule has 0 atom stereocenters. The molecule has 0 N–H and O–H groups in total. The molecule has 1 aliphatic carbocycles. The second-order valence-electron chi connectivity index (χ2n) is 9.06. The zero-order valence-corrected chi connectivity index (χ0v) is 21.4. The molecule has 0 unspecified atom stereocenters. The van der Waals surface area contributed by atoms with Crippen LogP contribution in [0.25, 0.3) is 33.4 Å². The van der Waals surface area contributed by atoms with Crippen LogP contribution in [-0.4, -0.2) is 0 Å². The Kier molecular flexibility index (Phi) is 4.99. The van der Waals surface area contributed by atoms with Gasteiger partial charge in [-0.05, 0) is 106 Å². The molecule has 4 aromatic carbocycles. The lowest BCUT2D eigenvalue weighted by Gasteiger charge is -2.23. The van der Waals surface area contributed by atoms with Crippen molar-refractivity contribution in [1.82, 2.24) is 0 Å². The van der Waals surface area contributed by atoms with Crippen molar-refractivity contribution in [2.45, 2.75) is 33.1 Å². The molecule has 0 aromatic heterocycles. The lowest BCUT2D eigenvalue weighted by molar-refractivity contribution is 0.660. The van der Waals surface area contributed by atoms with Gasteiger partial charge in [0.05, 0.1) is 0 Å². The van der Waals surface area contributed by atoms with E-state index in [4.69, 9.17) is 0 Å². The van der Waals surface area contributed by atoms with Crippen LogP contribution in [0.3, 0.4) is 0 Å². The number of aryl methyl sites for hydroxylation is 2. The highest BCUT2D eigenvalue weighted by Gasteiger charge is 2.36. The van der Waals surface area contributed by atoms with Gasteiger partial charge in [0.15, 0.2) is 0 Å². The van der Waals surface area contributed by atoms with Crippen LogP contribution in [0.4, 0.5) is 0 Å². The average Bonchev–Trinajstić information content (AvgIpc) is 2.94. The van der Waals surface area contributed by atoms with Crippen molar-refractivity contribution in [3.63, 3.8) is 0 Å². The van der Waals surface area contributed by atoms with Gasteiger partial charge in [-0.1, -0.05) is 82.1 Å². The lowest BCUT2D eigenvalue weighted by Crippen LogP contribution is -2.15. The van der Waals surface area contributed by atoms with Gasteiger partial charge in [0.1, 0.15) is 0 Å². The molecule has 0 radical (unpaired) electrons. The first-order valence-corrected chi connectivity index (χ1v) is 12.2. The Bertz CT molecular complexity index is 1210. The molecular weight excluding hydrogens is 508 g/mol. The van der Waals surface area contributed by atoms with Gasteiger partial charge in [0.25, 0.3) is 0 Å². The third kappa shape index (κ3) is 3.41. The highest BCUT2D eigenvalue weighted by molar-refractivity contribution is 9.10. The topological polar surface area (TPSA) is 0 Å². The first-order chi connectivity index (χ1) is 14.8. The van der Waals surface area contributed by atoms with Crippen LogP contribution in [0, 0.1) is 13.8 Å². The Morgan fingerprint density at radius 2 is 0.871 bits per heavy atom. The third-order valence-electron chi connectivity index (χ3n) is 6.68. The maximum absolute atomic E-state index is 3.56. The standard InChI is InChI=1S/C29H24Br2/c1-17-13-25-26-14-18(2)24(20-7-11-22(31)12-8-20)16-28(26)29(3,4)27(25)15-23(17)19-5-9-21(30)10-6-19/h5-16H,1-4H3. The van der Waals surface area contributed by atoms with Gasteiger partial charge >= 0.3 is 0 Å². The molecule has 2 heteroatoms. The summed E-state index contributed by atoms with van der Waals surface area (Å²) in [4.78, 5) is 0. The molecule has 0 saturated carbocycles. The van der Waals surface area contributed by atoms with Gasteiger partial charge in [-0.3, -0.25) is 0 Å². The number of rotatable bonds is 2. The molecule has 0 saturated heterocycles. The molecule has 1 aliphatic rings. The summed E-state index contributed by atoms with van der Waals surface area (Å²) in [6.07, 6.45) is 0. The molecule has 0 heterocycles. The van der Waals surface area contributed by atoms with Crippen molar-refractivity contribution in [1.29, 1.82) is 0 Å². The average molecular weight is 532 g/mol. The summed E-state index contributed by atoms with van der Waals surface area (Å²) < 4.78 is 2.22. The van der Waals surface area contributed by atoms with Crippen molar-refractivity contribution in [3.05, 3.63) is 104 Å². The molecule has 5 rings (SSSR count). The molecule has 0 bridgehead atoms. The fourth-order valence-electron chi connectivity index (χ4n) is 4.92. The van der Waals surface area contributed by atoms with E-state index in [1.54, 1.807) is 0 Å². The van der Waals surface area contributed by atoms with E-state index in [0.29, 0.717) is 0 Å². The highest BCUT2D eigenvalue weighted by atomic mass is 79.9. The van der Waals surface area contributed by atoms with Crippen LogP contribution in [0.1, 0.15) is 36.1 Å². The minimum absolute atomic E-state index is 0.0414. The Hall–Kier alpha value is -2.16. The normalized spacial score (nSPS) is 13.7. The fraction of sp³-hybridized carbons (Fsp3) is 0.172. The van der Waals surface area contributed by atoms with Crippen molar-refractivity contribution in [2.75, 3.05) is 0 Å². The molecule has 0 fully saturated rings. The van der Waals surface area contributed by atoms with Gasteiger partial charge in [-0.25, -0.2) is 0 Å². The van der Waals surface area contributed by atoms with E-state index in [9.17, 15) is 0 Å². The predicted octanol–water partition coefficient (Wildman–Crippen LogP) is 9.47. The summed E-state index contributed by atoms with van der Waals surface area (Å²) in [6, 6.07) is 26.9. The van der Waals surface area contributed by atoms with E-state index in [2.05, 4.69) is 132 Å². The van der Waals surface area contributed by atoms with Gasteiger partial charge in [0, 0.05) is 14.4 Å². The summed E-state index contributed by atoms with van der Waals surface area (Å²) in [5.41, 5.74) is 13.3. The second-order valence-corrected chi connectivity index (χ2v) is 10.9. The van der Waals surface area contributed by atoms with Crippen LogP contribution >= 0.6 is 31.9 Å². The quantitative estimate of drug-likeness (QED) is 0.241. The van der Waals surface area contributed by atoms with Crippen molar-refractivity contribution in [3.8, 4) is 33.4 Å². The summed E-state index contributed by atoms with van der Waals surface area (Å²) in [7, 11) is 0. The van der Waals surface area contributed by atoms with Gasteiger partial charge in [0.2, 0.25) is 0 Å². The lowest BCUT2D eigenvalue weighted by atomic mass is 9.80. The Labute approximate surface area is 201 Å². The monoisotopic (exact) mass is 530 g/mol. The minimum Gasteiger partial charge on any atom is -0.0533 e. The van der Waals surface area contributed by atoms with E-state index in [-0.39, 0.29) is 5.41 Å². The Morgan fingerprint density at radius 1 is 0.516 bits per heavy atom. The van der Waals surface area contributed by atoms with Crippen LogP contribution < -0.4 is 0 Å². The second kappa shape index (κ2) is 7.46. The Morgan fingerprint density at radius 3 is 1.23 bits per heavy atom. The number of halogens is 2. The van der Waals surface area contributed by atoms with Crippen LogP contribution in [-0.2, 0) is 5.41 Å². The Balaban J connectivity index is 1.69. The SMILES string of the molecule is Cc1cc2c(cc1-c1ccc(Br)cc1)C(C)(C)c1cc(-c3ccc(Br)cc3)c(C)cc1-2. The van der Waals surface area contributed by atoms with Crippen LogP contribution in [0.5, 0.6) is 0 Å². The van der Waals surface area contributed by atoms with E-state index < -0.39 is 0 Å². The fourth-order valence-corrected chi connectivity index (χ4v) is 5.45. The van der Waals surface area contributed by atoms with Crippen molar-refractivity contribution < 1.29 is 0 Å².